The van der Waals surface area contributed by atoms with E-state index in [0.29, 0.717) is 11.8 Å². The lowest BCUT2D eigenvalue weighted by atomic mass is 9.87. The molecule has 0 amide bonds. The molecule has 3 aromatic rings. The highest BCUT2D eigenvalue weighted by Gasteiger charge is 2.42. The normalized spacial score (nSPS) is 17.1. The van der Waals surface area contributed by atoms with E-state index in [1.807, 2.05) is 6.20 Å². The molecule has 0 spiro atoms. The molecule has 0 fully saturated rings. The van der Waals surface area contributed by atoms with E-state index < -0.39 is 0 Å². The average Bonchev–Trinajstić information content (AvgIpc) is 3.23. The van der Waals surface area contributed by atoms with E-state index in [1.165, 1.54) is 27.9 Å². The highest BCUT2D eigenvalue weighted by molar-refractivity contribution is 5.84. The number of anilines is 3. The quantitative estimate of drug-likeness (QED) is 0.566. The Morgan fingerprint density at radius 3 is 2.28 bits per heavy atom. The van der Waals surface area contributed by atoms with Crippen LogP contribution >= 0.6 is 0 Å². The monoisotopic (exact) mass is 384 g/mol. The summed E-state index contributed by atoms with van der Waals surface area (Å²) in [6.07, 6.45) is 3.23. The van der Waals surface area contributed by atoms with Crippen LogP contribution < -0.4 is 9.80 Å². The molecule has 2 aliphatic rings. The van der Waals surface area contributed by atoms with Crippen molar-refractivity contribution in [2.24, 2.45) is 0 Å². The maximum Gasteiger partial charge on any atom is 0.178 e. The fraction of sp³-hybridized carbons (Fsp3) is 0.360. The molecule has 0 saturated heterocycles. The van der Waals surface area contributed by atoms with Gasteiger partial charge in [0.1, 0.15) is 6.17 Å². The standard InChI is InChI=1S/C25H28N4/c1-15(2)18-10-8-11-19(16(3)4)23(18)20-14-26-24-25(27-20)29-21-12-7-6-9-17(21)13-22(29)28(24)5/h6-12,14-16,22H,13H2,1-5H3. The number of hydrogen-bond donors (Lipinski definition) is 0. The molecule has 29 heavy (non-hydrogen) atoms. The van der Waals surface area contributed by atoms with E-state index in [1.54, 1.807) is 0 Å². The van der Waals surface area contributed by atoms with Gasteiger partial charge in [0.05, 0.1) is 11.9 Å². The minimum atomic E-state index is 0.266. The van der Waals surface area contributed by atoms with Crippen LogP contribution in [0.1, 0.15) is 56.2 Å². The van der Waals surface area contributed by atoms with Gasteiger partial charge in [-0.1, -0.05) is 64.1 Å². The van der Waals surface area contributed by atoms with Crippen molar-refractivity contribution < 1.29 is 0 Å². The minimum Gasteiger partial charge on any atom is -0.335 e. The van der Waals surface area contributed by atoms with Crippen molar-refractivity contribution in [2.45, 2.75) is 52.1 Å². The van der Waals surface area contributed by atoms with Crippen LogP contribution in [0.5, 0.6) is 0 Å². The van der Waals surface area contributed by atoms with E-state index in [4.69, 9.17) is 9.97 Å². The number of fused-ring (bicyclic) bond motifs is 5. The number of hydrogen-bond acceptors (Lipinski definition) is 4. The third-order valence-corrected chi connectivity index (χ3v) is 6.33. The van der Waals surface area contributed by atoms with E-state index in [2.05, 4.69) is 87.0 Å². The van der Waals surface area contributed by atoms with E-state index >= 15 is 0 Å². The topological polar surface area (TPSA) is 32.3 Å². The summed E-state index contributed by atoms with van der Waals surface area (Å²) >= 11 is 0. The molecule has 0 aliphatic carbocycles. The van der Waals surface area contributed by atoms with Crippen LogP contribution in [0.3, 0.4) is 0 Å². The first-order valence-electron chi connectivity index (χ1n) is 10.6. The van der Waals surface area contributed by atoms with Crippen LogP contribution in [-0.2, 0) is 6.42 Å². The van der Waals surface area contributed by atoms with Crippen molar-refractivity contribution in [3.05, 3.63) is 65.4 Å². The Balaban J connectivity index is 1.70. The summed E-state index contributed by atoms with van der Waals surface area (Å²) in [6.45, 7) is 9.02. The zero-order valence-electron chi connectivity index (χ0n) is 17.8. The molecule has 1 atom stereocenters. The predicted octanol–water partition coefficient (Wildman–Crippen LogP) is 5.86. The van der Waals surface area contributed by atoms with Gasteiger partial charge < -0.3 is 9.80 Å². The third-order valence-electron chi connectivity index (χ3n) is 6.33. The summed E-state index contributed by atoms with van der Waals surface area (Å²) in [6, 6.07) is 15.3. The number of rotatable bonds is 3. The van der Waals surface area contributed by atoms with Crippen LogP contribution in [0, 0.1) is 0 Å². The molecule has 0 saturated carbocycles. The summed E-state index contributed by atoms with van der Waals surface area (Å²) in [5.74, 6) is 2.82. The van der Waals surface area contributed by atoms with Gasteiger partial charge in [-0.2, -0.15) is 0 Å². The second-order valence-corrected chi connectivity index (χ2v) is 8.82. The number of para-hydroxylation sites is 1. The largest absolute Gasteiger partial charge is 0.335 e. The molecule has 2 aliphatic heterocycles. The van der Waals surface area contributed by atoms with Gasteiger partial charge in [-0.3, -0.25) is 0 Å². The lowest BCUT2D eigenvalue weighted by Gasteiger charge is -2.22. The molecule has 1 aromatic heterocycles. The summed E-state index contributed by atoms with van der Waals surface area (Å²) in [7, 11) is 2.13. The van der Waals surface area contributed by atoms with Crippen LogP contribution in [0.4, 0.5) is 17.3 Å². The molecule has 2 aromatic carbocycles. The Hall–Kier alpha value is -2.88. The maximum absolute atomic E-state index is 5.22. The predicted molar refractivity (Wildman–Crippen MR) is 120 cm³/mol. The first-order chi connectivity index (χ1) is 14.0. The Labute approximate surface area is 173 Å². The molecule has 1 unspecified atom stereocenters. The number of aromatic nitrogens is 2. The molecule has 0 bridgehead atoms. The van der Waals surface area contributed by atoms with E-state index in [9.17, 15) is 0 Å². The van der Waals surface area contributed by atoms with Crippen LogP contribution in [0.25, 0.3) is 11.3 Å². The highest BCUT2D eigenvalue weighted by Crippen LogP contribution is 2.48. The SMILES string of the molecule is CC(C)c1cccc(C(C)C)c1-c1cnc2c(n1)N1c3ccccc3CC1N2C. The summed E-state index contributed by atoms with van der Waals surface area (Å²) < 4.78 is 0. The molecule has 0 N–H and O–H groups in total. The van der Waals surface area contributed by atoms with Crippen LogP contribution in [0.2, 0.25) is 0 Å². The lowest BCUT2D eigenvalue weighted by Crippen LogP contribution is -2.36. The zero-order valence-corrected chi connectivity index (χ0v) is 17.8. The zero-order chi connectivity index (χ0) is 20.3. The molecule has 148 valence electrons. The van der Waals surface area contributed by atoms with Gasteiger partial charge in [0.2, 0.25) is 0 Å². The summed E-state index contributed by atoms with van der Waals surface area (Å²) in [5, 5.41) is 0. The van der Waals surface area contributed by atoms with Gasteiger partial charge in [-0.05, 0) is 34.6 Å². The number of benzene rings is 2. The van der Waals surface area contributed by atoms with E-state index in [-0.39, 0.29) is 6.17 Å². The van der Waals surface area contributed by atoms with Crippen molar-refractivity contribution in [2.75, 3.05) is 16.8 Å². The molecule has 4 nitrogen and oxygen atoms in total. The highest BCUT2D eigenvalue weighted by atomic mass is 15.5. The molecular formula is C25H28N4. The summed E-state index contributed by atoms with van der Waals surface area (Å²) in [4.78, 5) is 14.8. The van der Waals surface area contributed by atoms with Gasteiger partial charge in [-0.25, -0.2) is 9.97 Å². The Bertz CT molecular complexity index is 1060. The Morgan fingerprint density at radius 1 is 0.897 bits per heavy atom. The molecule has 4 heteroatoms. The van der Waals surface area contributed by atoms with Crippen LogP contribution in [0.15, 0.2) is 48.7 Å². The Morgan fingerprint density at radius 2 is 1.59 bits per heavy atom. The number of nitrogens with zero attached hydrogens (tertiary/aromatic N) is 4. The van der Waals surface area contributed by atoms with Gasteiger partial charge in [-0.15, -0.1) is 0 Å². The smallest absolute Gasteiger partial charge is 0.178 e. The van der Waals surface area contributed by atoms with Gasteiger partial charge in [0.15, 0.2) is 11.6 Å². The van der Waals surface area contributed by atoms with Gasteiger partial charge in [0, 0.05) is 24.7 Å². The van der Waals surface area contributed by atoms with Crippen molar-refractivity contribution in [1.29, 1.82) is 0 Å². The van der Waals surface area contributed by atoms with Gasteiger partial charge in [0.25, 0.3) is 0 Å². The molecular weight excluding hydrogens is 356 g/mol. The summed E-state index contributed by atoms with van der Waals surface area (Å²) in [5.41, 5.74) is 7.57. The molecule has 5 rings (SSSR count). The molecule has 3 heterocycles. The van der Waals surface area contributed by atoms with Crippen molar-refractivity contribution in [3.63, 3.8) is 0 Å². The van der Waals surface area contributed by atoms with Crippen molar-refractivity contribution in [3.8, 4) is 11.3 Å². The second-order valence-electron chi connectivity index (χ2n) is 8.82. The van der Waals surface area contributed by atoms with E-state index in [0.717, 1.165) is 23.8 Å². The average molecular weight is 385 g/mol. The van der Waals surface area contributed by atoms with Gasteiger partial charge >= 0.3 is 0 Å². The third kappa shape index (κ3) is 2.65. The Kier molecular flexibility index (Phi) is 4.12. The van der Waals surface area contributed by atoms with Crippen LogP contribution in [-0.4, -0.2) is 23.2 Å². The first kappa shape index (κ1) is 18.2. The van der Waals surface area contributed by atoms with Crippen molar-refractivity contribution >= 4 is 17.3 Å². The second kappa shape index (κ2) is 6.58. The fourth-order valence-electron chi connectivity index (χ4n) is 4.82. The fourth-order valence-corrected chi connectivity index (χ4v) is 4.82. The molecule has 0 radical (unpaired) electrons. The lowest BCUT2D eigenvalue weighted by molar-refractivity contribution is 0.698. The van der Waals surface area contributed by atoms with Crippen molar-refractivity contribution in [1.82, 2.24) is 9.97 Å². The maximum atomic E-state index is 5.22. The number of likely N-dealkylation sites (N-methyl/N-ethyl adjacent to an activating group) is 1. The minimum absolute atomic E-state index is 0.266. The first-order valence-corrected chi connectivity index (χ1v) is 10.6.